The number of methoxy groups -OCH3 is 1. The number of carboxylic acid groups (broad SMARTS) is 1. The number of anilines is 1. The summed E-state index contributed by atoms with van der Waals surface area (Å²) in [6.45, 7) is 0.866. The Hall–Kier alpha value is -3.65. The number of nitrogen functional groups attached to an aromatic ring is 1. The number of ether oxygens (including phenoxy) is 2. The second-order valence-electron chi connectivity index (χ2n) is 5.92. The molecule has 0 atom stereocenters. The number of hydrogen-bond donors (Lipinski definition) is 3. The van der Waals surface area contributed by atoms with Gasteiger partial charge in [0, 0.05) is 36.1 Å². The third-order valence-corrected chi connectivity index (χ3v) is 4.03. The zero-order chi connectivity index (χ0) is 20.1. The van der Waals surface area contributed by atoms with Crippen LogP contribution in [0, 0.1) is 5.41 Å². The summed E-state index contributed by atoms with van der Waals surface area (Å²) < 4.78 is 15.7. The van der Waals surface area contributed by atoms with Gasteiger partial charge in [-0.2, -0.15) is 0 Å². The largest absolute Gasteiger partial charge is 0.491 e. The van der Waals surface area contributed by atoms with Crippen molar-refractivity contribution in [2.75, 3.05) is 26.1 Å². The molecule has 4 N–H and O–H groups in total. The molecule has 1 heterocycles. The molecule has 0 spiro atoms. The number of benzene rings is 2. The molecule has 0 saturated heterocycles. The lowest BCUT2D eigenvalue weighted by Gasteiger charge is -2.09. The third-order valence-electron chi connectivity index (χ3n) is 4.03. The highest BCUT2D eigenvalue weighted by Gasteiger charge is 2.16. The molecule has 8 nitrogen and oxygen atoms in total. The molecule has 3 aromatic rings. The second kappa shape index (κ2) is 8.36. The molecule has 0 bridgehead atoms. The van der Waals surface area contributed by atoms with E-state index >= 15 is 0 Å². The Bertz CT molecular complexity index is 995. The first-order chi connectivity index (χ1) is 13.5. The Balaban J connectivity index is 1.77. The summed E-state index contributed by atoms with van der Waals surface area (Å²) in [5, 5.41) is 21.3. The minimum absolute atomic E-state index is 0.0850. The maximum atomic E-state index is 10.9. The molecular formula is C20H19N3O5. The first-order valence-electron chi connectivity index (χ1n) is 8.40. The number of carbonyl (C=O) groups is 1. The van der Waals surface area contributed by atoms with Crippen molar-refractivity contribution >= 4 is 17.4 Å². The van der Waals surface area contributed by atoms with E-state index in [2.05, 4.69) is 5.16 Å². The van der Waals surface area contributed by atoms with Crippen LogP contribution in [-0.4, -0.2) is 42.3 Å². The number of rotatable bonds is 8. The Morgan fingerprint density at radius 1 is 1.18 bits per heavy atom. The van der Waals surface area contributed by atoms with Gasteiger partial charge in [0.05, 0.1) is 12.2 Å². The summed E-state index contributed by atoms with van der Waals surface area (Å²) in [4.78, 5) is 10.9. The molecule has 0 amide bonds. The van der Waals surface area contributed by atoms with Gasteiger partial charge in [0.2, 0.25) is 0 Å². The summed E-state index contributed by atoms with van der Waals surface area (Å²) in [7, 11) is 1.59. The number of nitrogens with one attached hydrogen (secondary N) is 1. The predicted molar refractivity (Wildman–Crippen MR) is 103 cm³/mol. The summed E-state index contributed by atoms with van der Waals surface area (Å²) in [6, 6.07) is 12.9. The molecule has 8 heteroatoms. The molecule has 1 aromatic heterocycles. The third kappa shape index (κ3) is 4.18. The average molecular weight is 381 g/mol. The summed E-state index contributed by atoms with van der Waals surface area (Å²) in [5.74, 6) is -0.167. The summed E-state index contributed by atoms with van der Waals surface area (Å²) >= 11 is 0. The molecule has 0 aliphatic heterocycles. The molecule has 0 saturated carbocycles. The highest BCUT2D eigenvalue weighted by Crippen LogP contribution is 2.25. The van der Waals surface area contributed by atoms with Crippen LogP contribution in [0.2, 0.25) is 0 Å². The fourth-order valence-corrected chi connectivity index (χ4v) is 2.55. The smallest absolute Gasteiger partial charge is 0.335 e. The zero-order valence-electron chi connectivity index (χ0n) is 15.1. The van der Waals surface area contributed by atoms with E-state index < -0.39 is 5.97 Å². The standard InChI is InChI=1S/C20H19N3O5/c1-26-8-9-27-14-6-7-15(16(21)10-14)19(22)18-11-17(23-28-18)12-2-4-13(5-3-12)20(24)25/h2-7,10-11,22H,8-9,21H2,1H3,(H,24,25). The van der Waals surface area contributed by atoms with E-state index in [1.165, 1.54) is 12.1 Å². The predicted octanol–water partition coefficient (Wildman–Crippen LogP) is 3.06. The molecule has 0 fully saturated rings. The van der Waals surface area contributed by atoms with Crippen LogP contribution in [0.3, 0.4) is 0 Å². The minimum Gasteiger partial charge on any atom is -0.491 e. The fraction of sp³-hybridized carbons (Fsp3) is 0.150. The molecular weight excluding hydrogens is 362 g/mol. The maximum absolute atomic E-state index is 10.9. The highest BCUT2D eigenvalue weighted by atomic mass is 16.5. The van der Waals surface area contributed by atoms with E-state index in [0.717, 1.165) is 0 Å². The van der Waals surface area contributed by atoms with Gasteiger partial charge >= 0.3 is 5.97 Å². The van der Waals surface area contributed by atoms with Gasteiger partial charge in [-0.05, 0) is 24.3 Å². The van der Waals surface area contributed by atoms with Gasteiger partial charge < -0.3 is 24.8 Å². The number of aromatic carboxylic acids is 1. The van der Waals surface area contributed by atoms with Crippen molar-refractivity contribution in [1.29, 1.82) is 5.41 Å². The van der Waals surface area contributed by atoms with Crippen molar-refractivity contribution in [2.45, 2.75) is 0 Å². The lowest BCUT2D eigenvalue weighted by molar-refractivity contribution is 0.0697. The molecule has 144 valence electrons. The quantitative estimate of drug-likeness (QED) is 0.310. The molecule has 2 aromatic carbocycles. The van der Waals surface area contributed by atoms with E-state index in [-0.39, 0.29) is 17.0 Å². The van der Waals surface area contributed by atoms with E-state index in [1.807, 2.05) is 0 Å². The molecule has 0 aliphatic rings. The minimum atomic E-state index is -1.00. The van der Waals surface area contributed by atoms with Crippen molar-refractivity contribution in [3.63, 3.8) is 0 Å². The normalized spacial score (nSPS) is 10.6. The van der Waals surface area contributed by atoms with Crippen molar-refractivity contribution in [3.05, 3.63) is 65.4 Å². The Kier molecular flexibility index (Phi) is 5.71. The van der Waals surface area contributed by atoms with Gasteiger partial charge in [-0.25, -0.2) is 4.79 Å². The molecule has 0 unspecified atom stereocenters. The topological polar surface area (TPSA) is 132 Å². The van der Waals surface area contributed by atoms with E-state index in [0.29, 0.717) is 41.5 Å². The summed E-state index contributed by atoms with van der Waals surface area (Å²) in [5.41, 5.74) is 8.37. The number of hydrogen-bond acceptors (Lipinski definition) is 7. The SMILES string of the molecule is COCCOc1ccc(C(=N)c2cc(-c3ccc(C(=O)O)cc3)no2)c(N)c1. The van der Waals surface area contributed by atoms with Gasteiger partial charge in [0.1, 0.15) is 23.8 Å². The number of nitrogens with two attached hydrogens (primary N) is 1. The summed E-state index contributed by atoms with van der Waals surface area (Å²) in [6.07, 6.45) is 0. The van der Waals surface area contributed by atoms with Crippen LogP contribution in [-0.2, 0) is 4.74 Å². The average Bonchev–Trinajstić information content (AvgIpc) is 3.18. The molecule has 3 rings (SSSR count). The molecule has 28 heavy (non-hydrogen) atoms. The van der Waals surface area contributed by atoms with Crippen LogP contribution in [0.1, 0.15) is 21.7 Å². The lowest BCUT2D eigenvalue weighted by atomic mass is 10.0. The van der Waals surface area contributed by atoms with Crippen LogP contribution in [0.15, 0.2) is 53.1 Å². The fourth-order valence-electron chi connectivity index (χ4n) is 2.55. The van der Waals surface area contributed by atoms with Crippen LogP contribution < -0.4 is 10.5 Å². The van der Waals surface area contributed by atoms with Crippen molar-refractivity contribution in [2.24, 2.45) is 0 Å². The Morgan fingerprint density at radius 2 is 1.93 bits per heavy atom. The monoisotopic (exact) mass is 381 g/mol. The van der Waals surface area contributed by atoms with Crippen molar-refractivity contribution in [1.82, 2.24) is 5.16 Å². The van der Waals surface area contributed by atoms with Gasteiger partial charge in [0.25, 0.3) is 0 Å². The molecule has 0 aliphatic carbocycles. The number of carboxylic acids is 1. The first-order valence-corrected chi connectivity index (χ1v) is 8.40. The Morgan fingerprint density at radius 3 is 2.57 bits per heavy atom. The number of aromatic nitrogens is 1. The van der Waals surface area contributed by atoms with Crippen LogP contribution in [0.4, 0.5) is 5.69 Å². The maximum Gasteiger partial charge on any atom is 0.335 e. The van der Waals surface area contributed by atoms with Gasteiger partial charge in [0.15, 0.2) is 5.76 Å². The van der Waals surface area contributed by atoms with Gasteiger partial charge in [-0.3, -0.25) is 5.41 Å². The van der Waals surface area contributed by atoms with Crippen LogP contribution >= 0.6 is 0 Å². The van der Waals surface area contributed by atoms with E-state index in [9.17, 15) is 4.79 Å². The van der Waals surface area contributed by atoms with E-state index in [4.69, 9.17) is 30.2 Å². The first kappa shape index (κ1) is 19.1. The van der Waals surface area contributed by atoms with Gasteiger partial charge in [-0.1, -0.05) is 17.3 Å². The van der Waals surface area contributed by atoms with Crippen molar-refractivity contribution < 1.29 is 23.9 Å². The number of nitrogens with zero attached hydrogens (tertiary/aromatic N) is 1. The second-order valence-corrected chi connectivity index (χ2v) is 5.92. The van der Waals surface area contributed by atoms with Crippen LogP contribution in [0.25, 0.3) is 11.3 Å². The van der Waals surface area contributed by atoms with E-state index in [1.54, 1.807) is 43.5 Å². The molecule has 0 radical (unpaired) electrons. The van der Waals surface area contributed by atoms with Gasteiger partial charge in [-0.15, -0.1) is 0 Å². The van der Waals surface area contributed by atoms with Crippen LogP contribution in [0.5, 0.6) is 5.75 Å². The zero-order valence-corrected chi connectivity index (χ0v) is 15.1. The highest BCUT2D eigenvalue weighted by molar-refractivity contribution is 6.12. The Labute approximate surface area is 161 Å². The lowest BCUT2D eigenvalue weighted by Crippen LogP contribution is -2.07. The van der Waals surface area contributed by atoms with Crippen molar-refractivity contribution in [3.8, 4) is 17.0 Å².